The molecule has 3 N–H and O–H groups in total. The van der Waals surface area contributed by atoms with Crippen LogP contribution < -0.4 is 0 Å². The minimum absolute atomic E-state index is 0.688. The molecule has 0 aromatic rings. The number of hydrogen-bond acceptors (Lipinski definition) is 7. The first-order valence-electron chi connectivity index (χ1n) is 2.67. The van der Waals surface area contributed by atoms with Crippen molar-refractivity contribution in [1.82, 2.24) is 0 Å². The van der Waals surface area contributed by atoms with Crippen LogP contribution in [-0.4, -0.2) is 21.3 Å². The molecule has 0 spiro atoms. The van der Waals surface area contributed by atoms with E-state index in [1.54, 1.807) is 0 Å². The summed E-state index contributed by atoms with van der Waals surface area (Å²) in [6.45, 7) is 0.887. The monoisotopic (exact) mass is 420 g/mol. The minimum Gasteiger partial charge on any atom is -0.339 e. The lowest BCUT2D eigenvalue weighted by Crippen LogP contribution is -2.28. The Kier molecular flexibility index (Phi) is 4.78. The van der Waals surface area contributed by atoms with Gasteiger partial charge in [0.1, 0.15) is 0 Å². The third-order valence-electron chi connectivity index (χ3n) is 0.983. The lowest BCUT2D eigenvalue weighted by atomic mass is 10.5. The minimum atomic E-state index is -4.42. The predicted molar refractivity (Wildman–Crippen MR) is 52.9 cm³/mol. The zero-order valence-corrected chi connectivity index (χ0v) is 10.5. The van der Waals surface area contributed by atoms with Crippen LogP contribution in [0.2, 0.25) is 0 Å². The van der Waals surface area contributed by atoms with Gasteiger partial charge in [0.25, 0.3) is 0 Å². The number of hydrogen-bond donors (Lipinski definition) is 3. The molecule has 0 bridgehead atoms. The van der Waals surface area contributed by atoms with Gasteiger partial charge in [0.2, 0.25) is 0 Å². The molecular formula is C4H6I2O7. The Morgan fingerprint density at radius 2 is 1.38 bits per heavy atom. The first-order chi connectivity index (χ1) is 5.68. The summed E-state index contributed by atoms with van der Waals surface area (Å²) in [5.74, 6) is -3.59. The molecule has 0 heterocycles. The molecule has 0 aliphatic heterocycles. The molecule has 0 aliphatic rings. The van der Waals surface area contributed by atoms with E-state index in [1.165, 1.54) is 0 Å². The van der Waals surface area contributed by atoms with Gasteiger partial charge in [-0.05, 0) is 6.92 Å². The van der Waals surface area contributed by atoms with E-state index in [2.05, 4.69) is 0 Å². The largest absolute Gasteiger partial charge is 0.345 e. The average molecular weight is 420 g/mol. The summed E-state index contributed by atoms with van der Waals surface area (Å²) in [5, 5.41) is 25.5. The molecule has 0 saturated heterocycles. The highest BCUT2D eigenvalue weighted by Crippen LogP contribution is 2.37. The molecule has 0 aliphatic carbocycles. The molecule has 0 aromatic carbocycles. The maximum atomic E-state index is 10.4. The number of rotatable bonds is 3. The van der Waals surface area contributed by atoms with E-state index in [1.807, 2.05) is 0 Å². The van der Waals surface area contributed by atoms with E-state index >= 15 is 0 Å². The Morgan fingerprint density at radius 1 is 1.00 bits per heavy atom. The van der Waals surface area contributed by atoms with Crippen LogP contribution >= 0.6 is 39.6 Å². The Bertz CT molecular complexity index is 350. The molecule has 0 saturated carbocycles. The highest BCUT2D eigenvalue weighted by molar-refractivity contribution is 14.2. The van der Waals surface area contributed by atoms with Gasteiger partial charge in [-0.15, -0.1) is 0 Å². The molecule has 13 heavy (non-hydrogen) atoms. The van der Waals surface area contributed by atoms with Crippen LogP contribution in [0.15, 0.2) is 7.16 Å². The SMILES string of the molecule is CC(=C(I(=O)=O)C(O)(O)O)I(=O)=O. The summed E-state index contributed by atoms with van der Waals surface area (Å²) in [4.78, 5) is 0. The molecule has 0 aromatic heterocycles. The summed E-state index contributed by atoms with van der Waals surface area (Å²) in [6, 6.07) is 0. The third kappa shape index (κ3) is 3.88. The van der Waals surface area contributed by atoms with Crippen LogP contribution in [0.1, 0.15) is 6.92 Å². The van der Waals surface area contributed by atoms with Gasteiger partial charge in [-0.1, -0.05) is 0 Å². The number of allylic oxidation sites excluding steroid dienone is 1. The van der Waals surface area contributed by atoms with Gasteiger partial charge in [-0.3, -0.25) is 0 Å². The van der Waals surface area contributed by atoms with Crippen molar-refractivity contribution in [1.29, 1.82) is 0 Å². The summed E-state index contributed by atoms with van der Waals surface area (Å²) in [6.07, 6.45) is 0. The maximum Gasteiger partial charge on any atom is 0.345 e. The van der Waals surface area contributed by atoms with E-state index in [9.17, 15) is 12.3 Å². The van der Waals surface area contributed by atoms with Crippen molar-refractivity contribution in [3.8, 4) is 0 Å². The van der Waals surface area contributed by atoms with Gasteiger partial charge in [-0.2, -0.15) is 0 Å². The van der Waals surface area contributed by atoms with Crippen molar-refractivity contribution in [2.24, 2.45) is 0 Å². The van der Waals surface area contributed by atoms with Crippen molar-refractivity contribution < 1.29 is 27.6 Å². The molecular weight excluding hydrogens is 414 g/mol. The highest BCUT2D eigenvalue weighted by atomic mass is 127. The number of aliphatic hydroxyl groups is 3. The third-order valence-corrected chi connectivity index (χ3v) is 6.29. The molecule has 78 valence electrons. The molecule has 0 amide bonds. The Hall–Kier alpha value is 0.280. The van der Waals surface area contributed by atoms with Gasteiger partial charge in [0, 0.05) is 0 Å². The molecule has 0 atom stereocenters. The highest BCUT2D eigenvalue weighted by Gasteiger charge is 2.33. The summed E-state index contributed by atoms with van der Waals surface area (Å²) in [7, 11) is 0. The fourth-order valence-electron chi connectivity index (χ4n) is 0.509. The second kappa shape index (κ2) is 4.68. The molecule has 7 nitrogen and oxygen atoms in total. The van der Waals surface area contributed by atoms with Crippen molar-refractivity contribution in [3.05, 3.63) is 7.16 Å². The molecule has 0 radical (unpaired) electrons. The van der Waals surface area contributed by atoms with Crippen LogP contribution in [0.4, 0.5) is 0 Å². The maximum absolute atomic E-state index is 10.4. The van der Waals surface area contributed by atoms with Crippen molar-refractivity contribution >= 4 is 39.6 Å². The van der Waals surface area contributed by atoms with Crippen molar-refractivity contribution in [2.75, 3.05) is 0 Å². The summed E-state index contributed by atoms with van der Waals surface area (Å²) < 4.78 is 39.7. The Balaban J connectivity index is 5.68. The van der Waals surface area contributed by atoms with Crippen LogP contribution in [0.3, 0.4) is 0 Å². The Labute approximate surface area is 86.7 Å². The normalized spacial score (nSPS) is 14.9. The van der Waals surface area contributed by atoms with Crippen LogP contribution in [0.5, 0.6) is 0 Å². The van der Waals surface area contributed by atoms with E-state index < -0.39 is 52.7 Å². The Morgan fingerprint density at radius 3 is 1.46 bits per heavy atom. The molecule has 0 unspecified atom stereocenters. The standard InChI is InChI=1S/C4H6I2O7/c1-2(5(10)11)3(6(12)13)4(7,8)9/h7-9H,1H3. The topological polar surface area (TPSA) is 129 Å². The van der Waals surface area contributed by atoms with Crippen LogP contribution in [0, 0.1) is 0 Å². The van der Waals surface area contributed by atoms with Gasteiger partial charge in [0.15, 0.2) is 3.58 Å². The molecule has 0 rings (SSSR count). The van der Waals surface area contributed by atoms with Crippen LogP contribution in [-0.2, 0) is 12.3 Å². The average Bonchev–Trinajstić information content (AvgIpc) is 1.82. The van der Waals surface area contributed by atoms with E-state index in [4.69, 9.17) is 15.3 Å². The van der Waals surface area contributed by atoms with E-state index in [0.717, 1.165) is 6.92 Å². The fraction of sp³-hybridized carbons (Fsp3) is 0.500. The van der Waals surface area contributed by atoms with Gasteiger partial charge >= 0.3 is 45.6 Å². The van der Waals surface area contributed by atoms with E-state index in [-0.39, 0.29) is 0 Å². The second-order valence-electron chi connectivity index (χ2n) is 1.92. The lowest BCUT2D eigenvalue weighted by Gasteiger charge is -2.12. The van der Waals surface area contributed by atoms with Gasteiger partial charge in [0.05, 0.1) is 3.58 Å². The predicted octanol–water partition coefficient (Wildman–Crippen LogP) is 0.243. The van der Waals surface area contributed by atoms with E-state index in [0.29, 0.717) is 0 Å². The fourth-order valence-corrected chi connectivity index (χ4v) is 4.69. The lowest BCUT2D eigenvalue weighted by molar-refractivity contribution is -0.275. The summed E-state index contributed by atoms with van der Waals surface area (Å²) >= 11 is -8.53. The molecule has 0 fully saturated rings. The first-order valence-corrected chi connectivity index (χ1v) is 8.35. The van der Waals surface area contributed by atoms with Crippen molar-refractivity contribution in [2.45, 2.75) is 12.9 Å². The molecule has 9 heteroatoms. The summed E-state index contributed by atoms with van der Waals surface area (Å²) in [5.41, 5.74) is 0. The van der Waals surface area contributed by atoms with Gasteiger partial charge in [-0.25, -0.2) is 12.3 Å². The van der Waals surface area contributed by atoms with Gasteiger partial charge < -0.3 is 15.3 Å². The second-order valence-corrected chi connectivity index (χ2v) is 7.10. The smallest absolute Gasteiger partial charge is 0.339 e. The zero-order valence-electron chi connectivity index (χ0n) is 6.23. The van der Waals surface area contributed by atoms with Crippen molar-refractivity contribution in [3.63, 3.8) is 0 Å². The number of halogens is 2. The van der Waals surface area contributed by atoms with Crippen LogP contribution in [0.25, 0.3) is 0 Å². The first kappa shape index (κ1) is 13.3. The zero-order chi connectivity index (χ0) is 10.8. The quantitative estimate of drug-likeness (QED) is 0.441.